The van der Waals surface area contributed by atoms with Crippen molar-refractivity contribution in [3.8, 4) is 0 Å². The van der Waals surface area contributed by atoms with Crippen LogP contribution < -0.4 is 16.0 Å². The highest BCUT2D eigenvalue weighted by atomic mass is 19.1. The standard InChI is InChI=1S/C35H45F3N4O6/c1-5-8-9-10-30(43)39-29(20-31(44)42(6-2)7-3)34(47)41-28(17-22-11-14-24(36)15-12-22)33(46)40-27(32(45)35(4)21-48-35)18-23-13-16-25(37)19-26(23)38/h11-16,19,27-29H,5-10,17-18,20-21H2,1-4H3,(H,39,43)(H,40,46)(H,41,47)/t27-,28-,29+,35+/m0/s1. The molecule has 4 atom stereocenters. The van der Waals surface area contributed by atoms with Gasteiger partial charge in [0.25, 0.3) is 0 Å². The average molecular weight is 675 g/mol. The van der Waals surface area contributed by atoms with E-state index in [4.69, 9.17) is 4.74 Å². The Kier molecular flexibility index (Phi) is 14.1. The average Bonchev–Trinajstić information content (AvgIpc) is 3.80. The van der Waals surface area contributed by atoms with Crippen molar-refractivity contribution in [3.05, 3.63) is 71.0 Å². The first-order valence-corrected chi connectivity index (χ1v) is 16.3. The van der Waals surface area contributed by atoms with Crippen LogP contribution in [0.5, 0.6) is 0 Å². The van der Waals surface area contributed by atoms with Gasteiger partial charge >= 0.3 is 0 Å². The summed E-state index contributed by atoms with van der Waals surface area (Å²) < 4.78 is 47.2. The van der Waals surface area contributed by atoms with Gasteiger partial charge in [-0.05, 0) is 56.5 Å². The number of hydrogen-bond donors (Lipinski definition) is 3. The molecule has 2 aromatic carbocycles. The number of carbonyl (C=O) groups is 5. The normalized spacial score (nSPS) is 17.1. The van der Waals surface area contributed by atoms with Gasteiger partial charge in [0.2, 0.25) is 23.6 Å². The van der Waals surface area contributed by atoms with Crippen molar-refractivity contribution in [2.75, 3.05) is 19.7 Å². The van der Waals surface area contributed by atoms with E-state index in [0.717, 1.165) is 18.9 Å². The van der Waals surface area contributed by atoms with Gasteiger partial charge in [0.05, 0.1) is 19.1 Å². The van der Waals surface area contributed by atoms with E-state index in [9.17, 15) is 37.1 Å². The van der Waals surface area contributed by atoms with Crippen LogP contribution >= 0.6 is 0 Å². The summed E-state index contributed by atoms with van der Waals surface area (Å²) in [6.45, 7) is 7.92. The second-order valence-corrected chi connectivity index (χ2v) is 12.1. The van der Waals surface area contributed by atoms with Crippen LogP contribution in [0, 0.1) is 17.5 Å². The van der Waals surface area contributed by atoms with Gasteiger partial charge < -0.3 is 25.6 Å². The number of amides is 4. The van der Waals surface area contributed by atoms with Gasteiger partial charge in [0.1, 0.15) is 35.1 Å². The molecule has 262 valence electrons. The summed E-state index contributed by atoms with van der Waals surface area (Å²) in [5.74, 6) is -5.24. The minimum atomic E-state index is -1.37. The van der Waals surface area contributed by atoms with Crippen LogP contribution in [0.4, 0.5) is 13.2 Å². The zero-order valence-electron chi connectivity index (χ0n) is 27.9. The lowest BCUT2D eigenvalue weighted by molar-refractivity contribution is -0.137. The Labute approximate surface area is 279 Å². The lowest BCUT2D eigenvalue weighted by atomic mass is 9.94. The Morgan fingerprint density at radius 1 is 0.812 bits per heavy atom. The molecule has 1 aliphatic rings. The molecule has 3 N–H and O–H groups in total. The molecule has 2 aromatic rings. The maximum absolute atomic E-state index is 14.6. The third-order valence-corrected chi connectivity index (χ3v) is 8.31. The number of Topliss-reactive ketones (excluding diaryl/α,β-unsaturated/α-hetero) is 1. The molecular formula is C35H45F3N4O6. The second-order valence-electron chi connectivity index (χ2n) is 12.1. The summed E-state index contributed by atoms with van der Waals surface area (Å²) in [4.78, 5) is 68.3. The highest BCUT2D eigenvalue weighted by Crippen LogP contribution is 2.29. The van der Waals surface area contributed by atoms with Crippen LogP contribution in [-0.2, 0) is 41.6 Å². The highest BCUT2D eigenvalue weighted by Gasteiger charge is 2.50. The van der Waals surface area contributed by atoms with Crippen LogP contribution in [0.3, 0.4) is 0 Å². The summed E-state index contributed by atoms with van der Waals surface area (Å²) in [6.07, 6.45) is 1.55. The number of rotatable bonds is 19. The van der Waals surface area contributed by atoms with Crippen molar-refractivity contribution in [1.82, 2.24) is 20.9 Å². The van der Waals surface area contributed by atoms with Crippen molar-refractivity contribution in [2.24, 2.45) is 0 Å². The summed E-state index contributed by atoms with van der Waals surface area (Å²) in [5, 5.41) is 7.85. The van der Waals surface area contributed by atoms with Crippen LogP contribution in [0.15, 0.2) is 42.5 Å². The molecular weight excluding hydrogens is 629 g/mol. The molecule has 0 radical (unpaired) electrons. The van der Waals surface area contributed by atoms with Gasteiger partial charge in [-0.1, -0.05) is 38.0 Å². The van der Waals surface area contributed by atoms with Crippen LogP contribution in [-0.4, -0.2) is 77.7 Å². The van der Waals surface area contributed by atoms with Crippen LogP contribution in [0.1, 0.15) is 70.9 Å². The third kappa shape index (κ3) is 11.2. The molecule has 3 rings (SSSR count). The Bertz CT molecular complexity index is 1450. The van der Waals surface area contributed by atoms with Gasteiger partial charge in [-0.2, -0.15) is 0 Å². The number of epoxide rings is 1. The predicted molar refractivity (Wildman–Crippen MR) is 172 cm³/mol. The molecule has 0 spiro atoms. The Balaban J connectivity index is 1.90. The van der Waals surface area contributed by atoms with E-state index >= 15 is 0 Å². The number of benzene rings is 2. The van der Waals surface area contributed by atoms with Crippen molar-refractivity contribution >= 4 is 29.4 Å². The third-order valence-electron chi connectivity index (χ3n) is 8.31. The molecule has 1 fully saturated rings. The quantitative estimate of drug-likeness (QED) is 0.154. The number of hydrogen-bond acceptors (Lipinski definition) is 6. The van der Waals surface area contributed by atoms with Crippen LogP contribution in [0.2, 0.25) is 0 Å². The lowest BCUT2D eigenvalue weighted by Crippen LogP contribution is -2.58. The highest BCUT2D eigenvalue weighted by molar-refractivity contribution is 5.99. The minimum absolute atomic E-state index is 0.0285. The van der Waals surface area contributed by atoms with E-state index in [0.29, 0.717) is 31.1 Å². The SMILES string of the molecule is CCCCCC(=O)N[C@H](CC(=O)N(CC)CC)C(=O)N[C@@H](Cc1ccc(F)cc1)C(=O)N[C@@H](Cc1ccc(F)cc1F)C(=O)[C@@]1(C)CO1. The van der Waals surface area contributed by atoms with Crippen molar-refractivity contribution in [3.63, 3.8) is 0 Å². The van der Waals surface area contributed by atoms with Gasteiger partial charge in [-0.3, -0.25) is 24.0 Å². The van der Waals surface area contributed by atoms with E-state index in [-0.39, 0.29) is 43.8 Å². The molecule has 0 aromatic heterocycles. The molecule has 0 aliphatic carbocycles. The smallest absolute Gasteiger partial charge is 0.243 e. The Hall–Kier alpha value is -4.26. The van der Waals surface area contributed by atoms with Gasteiger partial charge in [-0.25, -0.2) is 13.2 Å². The number of ketones is 1. The molecule has 48 heavy (non-hydrogen) atoms. The predicted octanol–water partition coefficient (Wildman–Crippen LogP) is 3.54. The molecule has 4 amide bonds. The summed E-state index contributed by atoms with van der Waals surface area (Å²) in [6, 6.07) is 4.08. The summed E-state index contributed by atoms with van der Waals surface area (Å²) >= 11 is 0. The van der Waals surface area contributed by atoms with E-state index in [1.54, 1.807) is 13.8 Å². The molecule has 13 heteroatoms. The number of halogens is 3. The van der Waals surface area contributed by atoms with Gasteiger partial charge in [-0.15, -0.1) is 0 Å². The summed E-state index contributed by atoms with van der Waals surface area (Å²) in [5.41, 5.74) is -0.789. The topological polar surface area (TPSA) is 137 Å². The fraction of sp³-hybridized carbons (Fsp3) is 0.514. The zero-order chi connectivity index (χ0) is 35.4. The van der Waals surface area contributed by atoms with Gasteiger partial charge in [0.15, 0.2) is 5.78 Å². The van der Waals surface area contributed by atoms with Crippen molar-refractivity contribution in [2.45, 2.75) is 96.4 Å². The van der Waals surface area contributed by atoms with E-state index in [1.807, 2.05) is 6.92 Å². The maximum atomic E-state index is 14.6. The molecule has 0 saturated carbocycles. The monoisotopic (exact) mass is 674 g/mol. The number of nitrogens with one attached hydrogen (secondary N) is 3. The second kappa shape index (κ2) is 17.8. The molecule has 1 saturated heterocycles. The first kappa shape index (κ1) is 38.2. The van der Waals surface area contributed by atoms with Crippen LogP contribution in [0.25, 0.3) is 0 Å². The first-order valence-electron chi connectivity index (χ1n) is 16.3. The minimum Gasteiger partial charge on any atom is -0.361 e. The molecule has 1 heterocycles. The number of unbranched alkanes of at least 4 members (excludes halogenated alkanes) is 2. The summed E-state index contributed by atoms with van der Waals surface area (Å²) in [7, 11) is 0. The van der Waals surface area contributed by atoms with Crippen molar-refractivity contribution in [1.29, 1.82) is 0 Å². The van der Waals surface area contributed by atoms with E-state index in [2.05, 4.69) is 16.0 Å². The lowest BCUT2D eigenvalue weighted by Gasteiger charge is -2.27. The fourth-order valence-electron chi connectivity index (χ4n) is 5.24. The number of carbonyl (C=O) groups excluding carboxylic acids is 5. The molecule has 1 aliphatic heterocycles. The van der Waals surface area contributed by atoms with Crippen molar-refractivity contribution < 1.29 is 41.9 Å². The number of nitrogens with zero attached hydrogens (tertiary/aromatic N) is 1. The fourth-order valence-corrected chi connectivity index (χ4v) is 5.24. The zero-order valence-corrected chi connectivity index (χ0v) is 27.9. The van der Waals surface area contributed by atoms with Gasteiger partial charge in [0, 0.05) is 38.4 Å². The largest absolute Gasteiger partial charge is 0.361 e. The first-order chi connectivity index (χ1) is 22.8. The Morgan fingerprint density at radius 3 is 2.00 bits per heavy atom. The van der Waals surface area contributed by atoms with E-state index < -0.39 is 64.7 Å². The Morgan fingerprint density at radius 2 is 1.42 bits per heavy atom. The maximum Gasteiger partial charge on any atom is 0.243 e. The molecule has 0 unspecified atom stereocenters. The molecule has 10 nitrogen and oxygen atoms in total. The molecule has 0 bridgehead atoms. The number of ether oxygens (including phenoxy) is 1. The van der Waals surface area contributed by atoms with E-state index in [1.165, 1.54) is 42.2 Å².